The van der Waals surface area contributed by atoms with E-state index in [1.54, 1.807) is 0 Å². The molecule has 0 fully saturated rings. The van der Waals surface area contributed by atoms with Gasteiger partial charge in [0.1, 0.15) is 0 Å². The first-order valence-corrected chi connectivity index (χ1v) is 3.94. The van der Waals surface area contributed by atoms with Crippen molar-refractivity contribution in [2.75, 3.05) is 0 Å². The van der Waals surface area contributed by atoms with Crippen molar-refractivity contribution in [1.82, 2.24) is 0 Å². The number of allylic oxidation sites excluding steroid dienone is 5. The van der Waals surface area contributed by atoms with E-state index in [2.05, 4.69) is 6.92 Å². The summed E-state index contributed by atoms with van der Waals surface area (Å²) >= 11 is 0. The van der Waals surface area contributed by atoms with Crippen LogP contribution in [0, 0.1) is 0 Å². The summed E-state index contributed by atoms with van der Waals surface area (Å²) in [6, 6.07) is 0. The Kier molecular flexibility index (Phi) is 5.26. The van der Waals surface area contributed by atoms with Crippen LogP contribution in [0.2, 0.25) is 0 Å². The standard InChI is InChI=1S/C10H17N/c1-4-5-6-10(11)8-7-9(2)3/h5-8H,4,11H2,1-3H3/b6-5-,10-8+. The van der Waals surface area contributed by atoms with Gasteiger partial charge in [0.15, 0.2) is 0 Å². The number of hydrogen-bond donors (Lipinski definition) is 1. The van der Waals surface area contributed by atoms with Crippen molar-refractivity contribution >= 4 is 0 Å². The second kappa shape index (κ2) is 5.78. The molecule has 0 rings (SSSR count). The lowest BCUT2D eigenvalue weighted by Gasteiger charge is -1.89. The second-order valence-electron chi connectivity index (χ2n) is 2.72. The molecule has 0 aromatic carbocycles. The molecule has 0 aliphatic rings. The minimum atomic E-state index is 0.813. The van der Waals surface area contributed by atoms with Gasteiger partial charge in [-0.15, -0.1) is 0 Å². The Morgan fingerprint density at radius 1 is 1.27 bits per heavy atom. The summed E-state index contributed by atoms with van der Waals surface area (Å²) in [6.07, 6.45) is 8.93. The van der Waals surface area contributed by atoms with Crippen LogP contribution in [0.5, 0.6) is 0 Å². The van der Waals surface area contributed by atoms with E-state index >= 15 is 0 Å². The predicted octanol–water partition coefficient (Wildman–Crippen LogP) is 2.76. The Morgan fingerprint density at radius 2 is 1.91 bits per heavy atom. The van der Waals surface area contributed by atoms with Crippen molar-refractivity contribution < 1.29 is 0 Å². The predicted molar refractivity (Wildman–Crippen MR) is 51.1 cm³/mol. The molecule has 1 nitrogen and oxygen atoms in total. The summed E-state index contributed by atoms with van der Waals surface area (Å²) in [4.78, 5) is 0. The maximum atomic E-state index is 5.64. The van der Waals surface area contributed by atoms with Gasteiger partial charge in [0.25, 0.3) is 0 Å². The lowest BCUT2D eigenvalue weighted by Crippen LogP contribution is -1.90. The average molecular weight is 151 g/mol. The van der Waals surface area contributed by atoms with Crippen LogP contribution in [0.15, 0.2) is 35.6 Å². The van der Waals surface area contributed by atoms with Crippen LogP contribution in [-0.2, 0) is 0 Å². The van der Waals surface area contributed by atoms with Gasteiger partial charge < -0.3 is 5.73 Å². The maximum Gasteiger partial charge on any atom is 0.0310 e. The zero-order valence-corrected chi connectivity index (χ0v) is 7.59. The van der Waals surface area contributed by atoms with E-state index in [-0.39, 0.29) is 0 Å². The fraction of sp³-hybridized carbons (Fsp3) is 0.400. The molecule has 62 valence electrons. The van der Waals surface area contributed by atoms with Crippen LogP contribution in [0.1, 0.15) is 27.2 Å². The summed E-state index contributed by atoms with van der Waals surface area (Å²) in [5.74, 6) is 0. The normalized spacial score (nSPS) is 12.1. The van der Waals surface area contributed by atoms with Crippen molar-refractivity contribution in [3.63, 3.8) is 0 Å². The van der Waals surface area contributed by atoms with Crippen LogP contribution >= 0.6 is 0 Å². The lowest BCUT2D eigenvalue weighted by molar-refractivity contribution is 1.21. The summed E-state index contributed by atoms with van der Waals surface area (Å²) in [5.41, 5.74) is 7.71. The average Bonchev–Trinajstić information content (AvgIpc) is 1.97. The Bertz CT molecular complexity index is 181. The van der Waals surface area contributed by atoms with E-state index in [1.807, 2.05) is 38.2 Å². The molecule has 0 radical (unpaired) electrons. The number of nitrogens with two attached hydrogens (primary N) is 1. The molecule has 0 aromatic heterocycles. The molecule has 0 amide bonds. The van der Waals surface area contributed by atoms with Gasteiger partial charge in [0.05, 0.1) is 0 Å². The Hall–Kier alpha value is -0.980. The molecule has 1 heteroatoms. The molecule has 0 heterocycles. The zero-order chi connectivity index (χ0) is 8.69. The molecule has 0 saturated carbocycles. The molecule has 11 heavy (non-hydrogen) atoms. The molecule has 0 unspecified atom stereocenters. The summed E-state index contributed by atoms with van der Waals surface area (Å²) in [6.45, 7) is 6.19. The van der Waals surface area contributed by atoms with E-state index in [4.69, 9.17) is 5.73 Å². The zero-order valence-electron chi connectivity index (χ0n) is 7.59. The Morgan fingerprint density at radius 3 is 2.36 bits per heavy atom. The van der Waals surface area contributed by atoms with Gasteiger partial charge in [0, 0.05) is 5.70 Å². The molecule has 0 atom stereocenters. The fourth-order valence-electron chi connectivity index (χ4n) is 0.572. The van der Waals surface area contributed by atoms with Gasteiger partial charge in [-0.25, -0.2) is 0 Å². The smallest absolute Gasteiger partial charge is 0.0310 e. The Balaban J connectivity index is 4.01. The molecule has 0 aliphatic carbocycles. The summed E-state index contributed by atoms with van der Waals surface area (Å²) < 4.78 is 0. The van der Waals surface area contributed by atoms with Gasteiger partial charge in [-0.1, -0.05) is 24.6 Å². The third kappa shape index (κ3) is 6.91. The lowest BCUT2D eigenvalue weighted by atomic mass is 10.2. The van der Waals surface area contributed by atoms with Crippen molar-refractivity contribution in [3.05, 3.63) is 35.6 Å². The molecule has 0 aliphatic heterocycles. The minimum absolute atomic E-state index is 0.813. The summed E-state index contributed by atoms with van der Waals surface area (Å²) in [7, 11) is 0. The van der Waals surface area contributed by atoms with Crippen LogP contribution in [0.4, 0.5) is 0 Å². The Labute approximate surface area is 69.3 Å². The highest BCUT2D eigenvalue weighted by Crippen LogP contribution is 1.94. The quantitative estimate of drug-likeness (QED) is 0.617. The molecule has 0 spiro atoms. The topological polar surface area (TPSA) is 26.0 Å². The van der Waals surface area contributed by atoms with E-state index < -0.39 is 0 Å². The molecule has 0 aromatic rings. The fourth-order valence-corrected chi connectivity index (χ4v) is 0.572. The van der Waals surface area contributed by atoms with Crippen molar-refractivity contribution in [1.29, 1.82) is 0 Å². The van der Waals surface area contributed by atoms with Gasteiger partial charge in [-0.05, 0) is 32.4 Å². The highest BCUT2D eigenvalue weighted by Gasteiger charge is 1.78. The van der Waals surface area contributed by atoms with Crippen LogP contribution in [0.3, 0.4) is 0 Å². The van der Waals surface area contributed by atoms with Gasteiger partial charge in [-0.2, -0.15) is 0 Å². The first-order valence-electron chi connectivity index (χ1n) is 3.94. The van der Waals surface area contributed by atoms with Crippen LogP contribution in [0.25, 0.3) is 0 Å². The van der Waals surface area contributed by atoms with Gasteiger partial charge >= 0.3 is 0 Å². The third-order valence-corrected chi connectivity index (χ3v) is 1.16. The van der Waals surface area contributed by atoms with Gasteiger partial charge in [-0.3, -0.25) is 0 Å². The van der Waals surface area contributed by atoms with Crippen molar-refractivity contribution in [2.45, 2.75) is 27.2 Å². The number of hydrogen-bond acceptors (Lipinski definition) is 1. The number of rotatable bonds is 3. The van der Waals surface area contributed by atoms with E-state index in [0.717, 1.165) is 12.1 Å². The highest BCUT2D eigenvalue weighted by atomic mass is 14.5. The molecule has 2 N–H and O–H groups in total. The van der Waals surface area contributed by atoms with Crippen LogP contribution < -0.4 is 5.73 Å². The second-order valence-corrected chi connectivity index (χ2v) is 2.72. The van der Waals surface area contributed by atoms with E-state index in [0.29, 0.717) is 0 Å². The van der Waals surface area contributed by atoms with Gasteiger partial charge in [0.2, 0.25) is 0 Å². The highest BCUT2D eigenvalue weighted by molar-refractivity contribution is 5.22. The first kappa shape index (κ1) is 10.0. The first-order chi connectivity index (χ1) is 5.16. The van der Waals surface area contributed by atoms with Crippen LogP contribution in [-0.4, -0.2) is 0 Å². The molecule has 0 saturated heterocycles. The van der Waals surface area contributed by atoms with Crippen molar-refractivity contribution in [2.24, 2.45) is 5.73 Å². The summed E-state index contributed by atoms with van der Waals surface area (Å²) in [5, 5.41) is 0. The minimum Gasteiger partial charge on any atom is -0.399 e. The maximum absolute atomic E-state index is 5.64. The van der Waals surface area contributed by atoms with E-state index in [9.17, 15) is 0 Å². The molecular formula is C10H17N. The largest absolute Gasteiger partial charge is 0.399 e. The monoisotopic (exact) mass is 151 g/mol. The SMILES string of the molecule is CC/C=C\C(N)=C/C=C(C)C. The third-order valence-electron chi connectivity index (χ3n) is 1.16. The molecular weight excluding hydrogens is 134 g/mol. The van der Waals surface area contributed by atoms with Crippen molar-refractivity contribution in [3.8, 4) is 0 Å². The molecule has 0 bridgehead atoms. The van der Waals surface area contributed by atoms with E-state index in [1.165, 1.54) is 5.57 Å².